The minimum atomic E-state index is -2.85. The predicted molar refractivity (Wildman–Crippen MR) is 200 cm³/mol. The van der Waals surface area contributed by atoms with E-state index in [4.69, 9.17) is 0 Å². The summed E-state index contributed by atoms with van der Waals surface area (Å²) in [6, 6.07) is 7.20. The van der Waals surface area contributed by atoms with Gasteiger partial charge in [-0.2, -0.15) is 10.2 Å². The van der Waals surface area contributed by atoms with Gasteiger partial charge < -0.3 is 15.1 Å². The number of alkyl halides is 2. The number of fused-ring (bicyclic) bond motifs is 2. The maximum Gasteiger partial charge on any atom is 0.329 e. The number of aromatic nitrogens is 7. The average Bonchev–Trinajstić information content (AvgIpc) is 3.87. The highest BCUT2D eigenvalue weighted by molar-refractivity contribution is 6.08. The molecule has 1 saturated carbocycles. The molecule has 4 aromatic heterocycles. The summed E-state index contributed by atoms with van der Waals surface area (Å²) in [5.74, 6) is -0.869. The summed E-state index contributed by atoms with van der Waals surface area (Å²) in [7, 11) is 3.91. The zero-order valence-corrected chi connectivity index (χ0v) is 31.1. The van der Waals surface area contributed by atoms with Crippen LogP contribution in [0.4, 0.5) is 20.2 Å². The Morgan fingerprint density at radius 1 is 1.05 bits per heavy atom. The van der Waals surface area contributed by atoms with Gasteiger partial charge in [-0.25, -0.2) is 23.1 Å². The smallest absolute Gasteiger partial charge is 0.329 e. The number of imide groups is 1. The second kappa shape index (κ2) is 14.7. The number of carbonyl (C=O) groups is 3. The van der Waals surface area contributed by atoms with Crippen LogP contribution in [0.1, 0.15) is 91.6 Å². The lowest BCUT2D eigenvalue weighted by Gasteiger charge is -2.40. The third-order valence-corrected chi connectivity index (χ3v) is 11.8. The minimum Gasteiger partial charge on any atom is -0.370 e. The number of hydrogen-bond donors (Lipinski definition) is 2. The minimum absolute atomic E-state index is 0.00875. The summed E-state index contributed by atoms with van der Waals surface area (Å²) in [6.45, 7) is 4.40. The predicted octanol–water partition coefficient (Wildman–Crippen LogP) is 4.39. The highest BCUT2D eigenvalue weighted by Gasteiger charge is 2.34. The zero-order valence-electron chi connectivity index (χ0n) is 31.1. The van der Waals surface area contributed by atoms with E-state index in [-0.39, 0.29) is 35.3 Å². The number of anilines is 2. The van der Waals surface area contributed by atoms with E-state index >= 15 is 0 Å². The Hall–Kier alpha value is -5.45. The van der Waals surface area contributed by atoms with E-state index in [9.17, 15) is 28.0 Å². The molecule has 290 valence electrons. The summed E-state index contributed by atoms with van der Waals surface area (Å²) in [4.78, 5) is 60.1. The topological polar surface area (TPSA) is 157 Å². The van der Waals surface area contributed by atoms with Crippen LogP contribution in [0, 0.1) is 12.8 Å². The molecule has 1 atom stereocenters. The number of nitrogens with one attached hydrogen (secondary N) is 2. The number of aryl methyl sites for hydroxylation is 2. The molecule has 8 rings (SSSR count). The van der Waals surface area contributed by atoms with Crippen LogP contribution in [0.2, 0.25) is 0 Å². The molecule has 1 unspecified atom stereocenters. The van der Waals surface area contributed by atoms with Crippen LogP contribution in [-0.2, 0) is 16.6 Å². The van der Waals surface area contributed by atoms with Crippen LogP contribution in [-0.4, -0.2) is 88.9 Å². The average molecular weight is 758 g/mol. The van der Waals surface area contributed by atoms with Crippen molar-refractivity contribution in [1.29, 1.82) is 0 Å². The summed E-state index contributed by atoms with van der Waals surface area (Å²) in [5, 5.41) is 13.5. The van der Waals surface area contributed by atoms with Crippen molar-refractivity contribution in [3.8, 4) is 0 Å². The third-order valence-electron chi connectivity index (χ3n) is 11.8. The Bertz CT molecular complexity index is 2330. The van der Waals surface area contributed by atoms with Gasteiger partial charge in [-0.05, 0) is 83.0 Å². The molecule has 2 saturated heterocycles. The Balaban J connectivity index is 0.869. The number of amides is 3. The summed E-state index contributed by atoms with van der Waals surface area (Å²) >= 11 is 0. The fourth-order valence-corrected chi connectivity index (χ4v) is 8.81. The quantitative estimate of drug-likeness (QED) is 0.208. The molecule has 3 amide bonds. The standard InChI is InChI=1S/C38H45F2N11O4/c1-22-13-16-41-35-26(19-42-51(22)35)36(53)43-27-21-49(45-32(27)34(39)40)25-9-7-23(8-10-25)20-46(2)24-14-17-48(18-15-24)28-5-4-6-29-33(28)47(3)38(55)50(29)30-11-12-31(52)44-37(30)54/h4-6,13,16,19,21,23-25,30,34H,7-12,14-15,17-18,20H2,1-3H3,(H,43,53)(H,44,52,54)/t23-,25-,30?. The van der Waals surface area contributed by atoms with Gasteiger partial charge in [0.05, 0.1) is 34.6 Å². The molecule has 3 fully saturated rings. The van der Waals surface area contributed by atoms with Crippen molar-refractivity contribution < 1.29 is 23.2 Å². The molecule has 55 heavy (non-hydrogen) atoms. The summed E-state index contributed by atoms with van der Waals surface area (Å²) in [6.07, 6.45) is 7.49. The third kappa shape index (κ3) is 6.78. The molecule has 5 aromatic rings. The number of halogens is 2. The Morgan fingerprint density at radius 3 is 2.55 bits per heavy atom. The molecule has 2 N–H and O–H groups in total. The summed E-state index contributed by atoms with van der Waals surface area (Å²) < 4.78 is 34.5. The van der Waals surface area contributed by atoms with Gasteiger partial charge in [-0.1, -0.05) is 6.07 Å². The van der Waals surface area contributed by atoms with Crippen molar-refractivity contribution in [3.63, 3.8) is 0 Å². The first-order valence-electron chi connectivity index (χ1n) is 18.9. The van der Waals surface area contributed by atoms with Gasteiger partial charge in [0, 0.05) is 57.2 Å². The lowest BCUT2D eigenvalue weighted by molar-refractivity contribution is -0.135. The molecule has 15 nitrogen and oxygen atoms in total. The number of nitrogens with zero attached hydrogens (tertiary/aromatic N) is 9. The van der Waals surface area contributed by atoms with Gasteiger partial charge in [0.25, 0.3) is 12.3 Å². The van der Waals surface area contributed by atoms with E-state index in [0.29, 0.717) is 29.5 Å². The second-order valence-electron chi connectivity index (χ2n) is 15.2. The largest absolute Gasteiger partial charge is 0.370 e. The molecular formula is C38H45F2N11O4. The van der Waals surface area contributed by atoms with Crippen molar-refractivity contribution in [3.05, 3.63) is 70.3 Å². The van der Waals surface area contributed by atoms with Crippen LogP contribution in [0.5, 0.6) is 0 Å². The lowest BCUT2D eigenvalue weighted by atomic mass is 9.85. The van der Waals surface area contributed by atoms with Crippen molar-refractivity contribution in [2.24, 2.45) is 13.0 Å². The van der Waals surface area contributed by atoms with E-state index in [1.165, 1.54) is 21.5 Å². The van der Waals surface area contributed by atoms with Gasteiger partial charge in [-0.15, -0.1) is 0 Å². The van der Waals surface area contributed by atoms with E-state index in [1.807, 2.05) is 25.1 Å². The first kappa shape index (κ1) is 36.5. The van der Waals surface area contributed by atoms with E-state index < -0.39 is 30.0 Å². The van der Waals surface area contributed by atoms with Crippen LogP contribution in [0.3, 0.4) is 0 Å². The molecule has 1 aromatic carbocycles. The molecule has 3 aliphatic rings. The maximum absolute atomic E-state index is 14.1. The van der Waals surface area contributed by atoms with Crippen LogP contribution in [0.25, 0.3) is 16.7 Å². The fourth-order valence-electron chi connectivity index (χ4n) is 8.81. The van der Waals surface area contributed by atoms with Gasteiger partial charge in [-0.3, -0.25) is 33.5 Å². The van der Waals surface area contributed by atoms with Crippen LogP contribution < -0.4 is 21.2 Å². The van der Waals surface area contributed by atoms with Crippen molar-refractivity contribution in [1.82, 2.24) is 43.7 Å². The van der Waals surface area contributed by atoms with E-state index in [0.717, 1.165) is 75.1 Å². The van der Waals surface area contributed by atoms with Crippen molar-refractivity contribution in [2.75, 3.05) is 36.9 Å². The first-order valence-corrected chi connectivity index (χ1v) is 18.9. The molecule has 0 radical (unpaired) electrons. The highest BCUT2D eigenvalue weighted by atomic mass is 19.3. The number of hydrogen-bond acceptors (Lipinski definition) is 9. The van der Waals surface area contributed by atoms with Crippen LogP contribution in [0.15, 0.2) is 47.7 Å². The lowest BCUT2D eigenvalue weighted by Crippen LogP contribution is -2.45. The van der Waals surface area contributed by atoms with E-state index in [2.05, 4.69) is 42.7 Å². The Labute approximate surface area is 315 Å². The molecule has 0 bridgehead atoms. The maximum atomic E-state index is 14.1. The zero-order chi connectivity index (χ0) is 38.5. The SMILES string of the molecule is Cc1ccnc2c(C(=O)Nc3cn([C@H]4CC[C@H](CN(C)C5CCN(c6cccc7c6n(C)c(=O)n7C6CCC(=O)NC6=O)CC5)CC4)nc3C(F)F)cnn12. The number of carbonyl (C=O) groups excluding carboxylic acids is 3. The number of rotatable bonds is 9. The molecule has 17 heteroatoms. The monoisotopic (exact) mass is 757 g/mol. The van der Waals surface area contributed by atoms with Gasteiger partial charge in [0.15, 0.2) is 11.3 Å². The molecule has 6 heterocycles. The normalized spacial score (nSPS) is 21.3. The van der Waals surface area contributed by atoms with E-state index in [1.54, 1.807) is 28.6 Å². The molecule has 2 aliphatic heterocycles. The molecule has 1 aliphatic carbocycles. The van der Waals surface area contributed by atoms with Crippen molar-refractivity contribution >= 4 is 45.8 Å². The second-order valence-corrected chi connectivity index (χ2v) is 15.2. The van der Waals surface area contributed by atoms with Gasteiger partial charge >= 0.3 is 5.69 Å². The fraction of sp³-hybridized carbons (Fsp3) is 0.500. The molecule has 0 spiro atoms. The number of piperidine rings is 2. The summed E-state index contributed by atoms with van der Waals surface area (Å²) in [5.41, 5.74) is 3.03. The van der Waals surface area contributed by atoms with Gasteiger partial charge in [0.2, 0.25) is 11.8 Å². The number of para-hydroxylation sites is 1. The van der Waals surface area contributed by atoms with Crippen molar-refractivity contribution in [2.45, 2.75) is 82.8 Å². The first-order chi connectivity index (χ1) is 26.5. The highest BCUT2D eigenvalue weighted by Crippen LogP contribution is 2.37. The Kier molecular flexibility index (Phi) is 9.73. The van der Waals surface area contributed by atoms with Crippen LogP contribution >= 0.6 is 0 Å². The number of imidazole rings is 1. The van der Waals surface area contributed by atoms with Gasteiger partial charge in [0.1, 0.15) is 11.6 Å². The Morgan fingerprint density at radius 2 is 1.82 bits per heavy atom. The number of benzene rings is 1. The molecular weight excluding hydrogens is 712 g/mol.